The molecule has 0 heterocycles. The van der Waals surface area contributed by atoms with Crippen LogP contribution in [0.3, 0.4) is 0 Å². The van der Waals surface area contributed by atoms with E-state index in [0.29, 0.717) is 6.04 Å². The number of carbonyl (C=O) groups excluding carboxylic acids is 1. The standard InChI is InChI=1S/C11H20N2O2/c1-7(11(15)13-8-5-6-8)12-9-3-2-4-10(9)14/h7-10,12,14H,2-6H2,1H3,(H,13,15)/t7?,9-,10-/m0/s1. The summed E-state index contributed by atoms with van der Waals surface area (Å²) < 4.78 is 0. The molecule has 1 amide bonds. The van der Waals surface area contributed by atoms with Crippen molar-refractivity contribution in [2.75, 3.05) is 0 Å². The highest BCUT2D eigenvalue weighted by molar-refractivity contribution is 5.81. The summed E-state index contributed by atoms with van der Waals surface area (Å²) in [6, 6.07) is 0.323. The first-order valence-corrected chi connectivity index (χ1v) is 5.91. The number of rotatable bonds is 4. The van der Waals surface area contributed by atoms with E-state index in [4.69, 9.17) is 0 Å². The van der Waals surface area contributed by atoms with Crippen LogP contribution in [0.5, 0.6) is 0 Å². The van der Waals surface area contributed by atoms with E-state index in [1.54, 1.807) is 0 Å². The molecular weight excluding hydrogens is 192 g/mol. The van der Waals surface area contributed by atoms with E-state index >= 15 is 0 Å². The van der Waals surface area contributed by atoms with Crippen LogP contribution < -0.4 is 10.6 Å². The maximum Gasteiger partial charge on any atom is 0.237 e. The number of hydrogen-bond acceptors (Lipinski definition) is 3. The van der Waals surface area contributed by atoms with Crippen molar-refractivity contribution in [1.29, 1.82) is 0 Å². The second-order valence-electron chi connectivity index (χ2n) is 4.78. The number of carbonyl (C=O) groups is 1. The van der Waals surface area contributed by atoms with Gasteiger partial charge in [0.1, 0.15) is 0 Å². The summed E-state index contributed by atoms with van der Waals surface area (Å²) in [6.45, 7) is 1.86. The molecule has 86 valence electrons. The Labute approximate surface area is 90.4 Å². The summed E-state index contributed by atoms with van der Waals surface area (Å²) in [5, 5.41) is 15.8. The quantitative estimate of drug-likeness (QED) is 0.622. The van der Waals surface area contributed by atoms with Crippen LogP contribution in [-0.2, 0) is 4.79 Å². The highest BCUT2D eigenvalue weighted by Crippen LogP contribution is 2.20. The zero-order valence-corrected chi connectivity index (χ0v) is 9.20. The van der Waals surface area contributed by atoms with E-state index in [9.17, 15) is 9.90 Å². The van der Waals surface area contributed by atoms with Crippen molar-refractivity contribution in [2.24, 2.45) is 0 Å². The Morgan fingerprint density at radius 3 is 2.60 bits per heavy atom. The van der Waals surface area contributed by atoms with Gasteiger partial charge in [0.15, 0.2) is 0 Å². The van der Waals surface area contributed by atoms with Crippen molar-refractivity contribution in [3.05, 3.63) is 0 Å². The lowest BCUT2D eigenvalue weighted by molar-refractivity contribution is -0.123. The molecule has 0 aromatic rings. The molecule has 1 unspecified atom stereocenters. The largest absolute Gasteiger partial charge is 0.392 e. The highest BCUT2D eigenvalue weighted by atomic mass is 16.3. The minimum absolute atomic E-state index is 0.0663. The molecule has 0 aromatic carbocycles. The Morgan fingerprint density at radius 2 is 2.07 bits per heavy atom. The zero-order chi connectivity index (χ0) is 10.8. The average Bonchev–Trinajstić information content (AvgIpc) is 2.92. The van der Waals surface area contributed by atoms with Gasteiger partial charge in [0, 0.05) is 12.1 Å². The summed E-state index contributed by atoms with van der Waals surface area (Å²) in [7, 11) is 0. The van der Waals surface area contributed by atoms with Crippen LogP contribution in [0.15, 0.2) is 0 Å². The fourth-order valence-corrected chi connectivity index (χ4v) is 2.09. The molecular formula is C11H20N2O2. The van der Waals surface area contributed by atoms with Gasteiger partial charge in [-0.25, -0.2) is 0 Å². The minimum atomic E-state index is -0.277. The zero-order valence-electron chi connectivity index (χ0n) is 9.20. The second kappa shape index (κ2) is 4.49. The van der Waals surface area contributed by atoms with Crippen LogP contribution in [-0.4, -0.2) is 35.2 Å². The lowest BCUT2D eigenvalue weighted by atomic mass is 10.2. The van der Waals surface area contributed by atoms with E-state index in [2.05, 4.69) is 10.6 Å². The molecule has 3 atom stereocenters. The molecule has 2 aliphatic rings. The average molecular weight is 212 g/mol. The summed E-state index contributed by atoms with van der Waals surface area (Å²) in [4.78, 5) is 11.6. The summed E-state index contributed by atoms with van der Waals surface area (Å²) in [6.07, 6.45) is 4.84. The maximum atomic E-state index is 11.6. The first-order chi connectivity index (χ1) is 7.16. The number of hydrogen-bond donors (Lipinski definition) is 3. The predicted octanol–water partition coefficient (Wildman–Crippen LogP) is 0.156. The molecule has 0 bridgehead atoms. The number of aliphatic hydroxyl groups is 1. The van der Waals surface area contributed by atoms with Crippen molar-refractivity contribution < 1.29 is 9.90 Å². The maximum absolute atomic E-state index is 11.6. The number of amides is 1. The van der Waals surface area contributed by atoms with Gasteiger partial charge in [-0.3, -0.25) is 4.79 Å². The van der Waals surface area contributed by atoms with Gasteiger partial charge in [-0.1, -0.05) is 0 Å². The van der Waals surface area contributed by atoms with Crippen LogP contribution in [0.25, 0.3) is 0 Å². The van der Waals surface area contributed by atoms with E-state index < -0.39 is 0 Å². The predicted molar refractivity (Wildman–Crippen MR) is 57.4 cm³/mol. The molecule has 2 fully saturated rings. The molecule has 4 nitrogen and oxygen atoms in total. The third-order valence-corrected chi connectivity index (χ3v) is 3.26. The first kappa shape index (κ1) is 10.9. The van der Waals surface area contributed by atoms with Crippen molar-refractivity contribution in [2.45, 2.75) is 63.3 Å². The lowest BCUT2D eigenvalue weighted by Gasteiger charge is -2.21. The molecule has 2 saturated carbocycles. The fourth-order valence-electron chi connectivity index (χ4n) is 2.09. The molecule has 4 heteroatoms. The Hall–Kier alpha value is -0.610. The van der Waals surface area contributed by atoms with Crippen molar-refractivity contribution in [3.63, 3.8) is 0 Å². The molecule has 0 radical (unpaired) electrons. The third kappa shape index (κ3) is 2.92. The first-order valence-electron chi connectivity index (χ1n) is 5.91. The Morgan fingerprint density at radius 1 is 1.33 bits per heavy atom. The molecule has 3 N–H and O–H groups in total. The second-order valence-corrected chi connectivity index (χ2v) is 4.78. The van der Waals surface area contributed by atoms with Crippen molar-refractivity contribution in [1.82, 2.24) is 10.6 Å². The Kier molecular flexibility index (Phi) is 3.26. The van der Waals surface area contributed by atoms with E-state index in [1.165, 1.54) is 0 Å². The third-order valence-electron chi connectivity index (χ3n) is 3.26. The van der Waals surface area contributed by atoms with E-state index in [0.717, 1.165) is 32.1 Å². The summed E-state index contributed by atoms with van der Waals surface area (Å²) >= 11 is 0. The van der Waals surface area contributed by atoms with Crippen LogP contribution in [0.4, 0.5) is 0 Å². The van der Waals surface area contributed by atoms with Gasteiger partial charge >= 0.3 is 0 Å². The summed E-state index contributed by atoms with van der Waals surface area (Å²) in [5.41, 5.74) is 0. The van der Waals surface area contributed by atoms with Crippen LogP contribution in [0.2, 0.25) is 0 Å². The van der Waals surface area contributed by atoms with Crippen LogP contribution in [0, 0.1) is 0 Å². The van der Waals surface area contributed by atoms with Gasteiger partial charge in [-0.05, 0) is 39.0 Å². The fraction of sp³-hybridized carbons (Fsp3) is 0.909. The highest BCUT2D eigenvalue weighted by Gasteiger charge is 2.30. The van der Waals surface area contributed by atoms with Crippen LogP contribution >= 0.6 is 0 Å². The van der Waals surface area contributed by atoms with Gasteiger partial charge < -0.3 is 15.7 Å². The van der Waals surface area contributed by atoms with Gasteiger partial charge in [0.05, 0.1) is 12.1 Å². The van der Waals surface area contributed by atoms with E-state index in [-0.39, 0.29) is 24.1 Å². The molecule has 0 aromatic heterocycles. The molecule has 0 saturated heterocycles. The van der Waals surface area contributed by atoms with Gasteiger partial charge in [0.2, 0.25) is 5.91 Å². The summed E-state index contributed by atoms with van der Waals surface area (Å²) in [5.74, 6) is 0.0663. The Bertz CT molecular complexity index is 241. The minimum Gasteiger partial charge on any atom is -0.392 e. The SMILES string of the molecule is CC(N[C@H]1CCC[C@@H]1O)C(=O)NC1CC1. The van der Waals surface area contributed by atoms with Gasteiger partial charge in [0.25, 0.3) is 0 Å². The lowest BCUT2D eigenvalue weighted by Crippen LogP contribution is -2.49. The van der Waals surface area contributed by atoms with Crippen molar-refractivity contribution in [3.8, 4) is 0 Å². The normalized spacial score (nSPS) is 32.7. The van der Waals surface area contributed by atoms with Gasteiger partial charge in [-0.2, -0.15) is 0 Å². The smallest absolute Gasteiger partial charge is 0.237 e. The molecule has 15 heavy (non-hydrogen) atoms. The number of nitrogens with one attached hydrogen (secondary N) is 2. The van der Waals surface area contributed by atoms with Crippen LogP contribution in [0.1, 0.15) is 39.0 Å². The molecule has 0 aliphatic heterocycles. The molecule has 2 aliphatic carbocycles. The Balaban J connectivity index is 1.74. The van der Waals surface area contributed by atoms with Gasteiger partial charge in [-0.15, -0.1) is 0 Å². The molecule has 2 rings (SSSR count). The topological polar surface area (TPSA) is 61.4 Å². The molecule has 0 spiro atoms. The monoisotopic (exact) mass is 212 g/mol. The van der Waals surface area contributed by atoms with Crippen molar-refractivity contribution >= 4 is 5.91 Å². The number of aliphatic hydroxyl groups excluding tert-OH is 1. The van der Waals surface area contributed by atoms with E-state index in [1.807, 2.05) is 6.92 Å².